The lowest BCUT2D eigenvalue weighted by Gasteiger charge is -2.11. The molecule has 0 aliphatic rings. The van der Waals surface area contributed by atoms with Crippen molar-refractivity contribution < 1.29 is 0 Å². The lowest BCUT2D eigenvalue weighted by atomic mass is 9.92. The van der Waals surface area contributed by atoms with E-state index in [2.05, 4.69) is 84.9 Å². The maximum atomic E-state index is 2.27. The fraction of sp³-hybridized carbons (Fsp3) is 0.0909. The normalized spacial score (nSPS) is 10.3. The largest absolute Gasteiger partial charge is 0.0683 e. The summed E-state index contributed by atoms with van der Waals surface area (Å²) in [4.78, 5) is 0. The zero-order valence-electron chi connectivity index (χ0n) is 13.1. The summed E-state index contributed by atoms with van der Waals surface area (Å²) in [6, 6.07) is 30.2. The van der Waals surface area contributed by atoms with Crippen LogP contribution < -0.4 is 0 Å². The van der Waals surface area contributed by atoms with Gasteiger partial charge in [0.1, 0.15) is 0 Å². The lowest BCUT2D eigenvalue weighted by molar-refractivity contribution is 1.50. The van der Waals surface area contributed by atoms with Crippen LogP contribution in [0.4, 0.5) is 0 Å². The van der Waals surface area contributed by atoms with Crippen LogP contribution in [-0.2, 0) is 0 Å². The highest BCUT2D eigenvalue weighted by atomic mass is 14.1. The Hall–Kier alpha value is -2.60. The molecule has 0 radical (unpaired) electrons. The van der Waals surface area contributed by atoms with Gasteiger partial charge in [0.15, 0.2) is 0 Å². The summed E-state index contributed by atoms with van der Waals surface area (Å²) in [5.74, 6) is 0. The van der Waals surface area contributed by atoms with Crippen LogP contribution in [0, 0.1) is 0 Å². The predicted octanol–water partition coefficient (Wildman–Crippen LogP) is 6.69. The molecule has 0 fully saturated rings. The van der Waals surface area contributed by atoms with Crippen LogP contribution in [0.1, 0.15) is 13.8 Å². The Kier molecular flexibility index (Phi) is 4.20. The van der Waals surface area contributed by atoms with E-state index in [1.54, 1.807) is 0 Å². The first-order chi connectivity index (χ1) is 10.9. The van der Waals surface area contributed by atoms with Gasteiger partial charge in [-0.15, -0.1) is 0 Å². The second kappa shape index (κ2) is 6.44. The van der Waals surface area contributed by atoms with Crippen molar-refractivity contribution in [3.63, 3.8) is 0 Å². The standard InChI is InChI=1S/C20H14.C2H6/c1-2-8-15(9-3-1)20-18-12-6-4-10-16(18)14-17-11-5-7-13-19(17)20;1-2/h1-14H;1-2H3. The van der Waals surface area contributed by atoms with Gasteiger partial charge in [-0.1, -0.05) is 92.7 Å². The van der Waals surface area contributed by atoms with E-state index in [9.17, 15) is 0 Å². The third-order valence-electron chi connectivity index (χ3n) is 3.83. The Morgan fingerprint density at radius 3 is 1.50 bits per heavy atom. The first-order valence-corrected chi connectivity index (χ1v) is 7.89. The van der Waals surface area contributed by atoms with Crippen molar-refractivity contribution in [2.45, 2.75) is 13.8 Å². The van der Waals surface area contributed by atoms with Gasteiger partial charge in [0.05, 0.1) is 0 Å². The molecule has 0 N–H and O–H groups in total. The van der Waals surface area contributed by atoms with Gasteiger partial charge in [-0.25, -0.2) is 0 Å². The number of hydrogen-bond donors (Lipinski definition) is 0. The van der Waals surface area contributed by atoms with Gasteiger partial charge in [0, 0.05) is 0 Å². The van der Waals surface area contributed by atoms with Crippen LogP contribution >= 0.6 is 0 Å². The summed E-state index contributed by atoms with van der Waals surface area (Å²) in [6.07, 6.45) is 0. The molecule has 0 unspecified atom stereocenters. The van der Waals surface area contributed by atoms with Crippen LogP contribution in [0.2, 0.25) is 0 Å². The highest BCUT2D eigenvalue weighted by Crippen LogP contribution is 2.35. The van der Waals surface area contributed by atoms with E-state index in [4.69, 9.17) is 0 Å². The molecule has 0 bridgehead atoms. The van der Waals surface area contributed by atoms with E-state index >= 15 is 0 Å². The maximum absolute atomic E-state index is 2.27. The topological polar surface area (TPSA) is 0 Å². The van der Waals surface area contributed by atoms with Crippen LogP contribution in [0.3, 0.4) is 0 Å². The van der Waals surface area contributed by atoms with Gasteiger partial charge >= 0.3 is 0 Å². The molecule has 0 heterocycles. The van der Waals surface area contributed by atoms with E-state index in [0.29, 0.717) is 0 Å². The Morgan fingerprint density at radius 2 is 0.955 bits per heavy atom. The molecule has 0 saturated carbocycles. The first-order valence-electron chi connectivity index (χ1n) is 7.89. The molecule has 0 atom stereocenters. The minimum absolute atomic E-state index is 1.28. The lowest BCUT2D eigenvalue weighted by Crippen LogP contribution is -1.84. The summed E-state index contributed by atoms with van der Waals surface area (Å²) >= 11 is 0. The highest BCUT2D eigenvalue weighted by molar-refractivity contribution is 6.12. The van der Waals surface area contributed by atoms with E-state index in [-0.39, 0.29) is 0 Å². The fourth-order valence-electron chi connectivity index (χ4n) is 2.93. The van der Waals surface area contributed by atoms with Crippen molar-refractivity contribution in [3.05, 3.63) is 84.9 Å². The number of hydrogen-bond acceptors (Lipinski definition) is 0. The fourth-order valence-corrected chi connectivity index (χ4v) is 2.93. The van der Waals surface area contributed by atoms with Gasteiger partial charge in [0.25, 0.3) is 0 Å². The minimum atomic E-state index is 1.28. The molecule has 0 aliphatic heterocycles. The van der Waals surface area contributed by atoms with Crippen molar-refractivity contribution in [1.29, 1.82) is 0 Å². The Morgan fingerprint density at radius 1 is 0.500 bits per heavy atom. The summed E-state index contributed by atoms with van der Waals surface area (Å²) in [5, 5.41) is 5.23. The Bertz CT molecular complexity index is 835. The van der Waals surface area contributed by atoms with Gasteiger partial charge in [0.2, 0.25) is 0 Å². The molecule has 0 aromatic heterocycles. The monoisotopic (exact) mass is 284 g/mol. The van der Waals surface area contributed by atoms with Crippen molar-refractivity contribution in [2.24, 2.45) is 0 Å². The quantitative estimate of drug-likeness (QED) is 0.342. The van der Waals surface area contributed by atoms with Gasteiger partial charge in [-0.05, 0) is 38.7 Å². The first kappa shape index (κ1) is 14.3. The zero-order valence-corrected chi connectivity index (χ0v) is 13.1. The number of rotatable bonds is 1. The summed E-state index contributed by atoms with van der Waals surface area (Å²) in [7, 11) is 0. The third-order valence-corrected chi connectivity index (χ3v) is 3.83. The molecule has 0 aliphatic carbocycles. The van der Waals surface area contributed by atoms with E-state index < -0.39 is 0 Å². The second-order valence-corrected chi connectivity index (χ2v) is 5.06. The van der Waals surface area contributed by atoms with E-state index in [1.807, 2.05) is 13.8 Å². The van der Waals surface area contributed by atoms with Crippen LogP contribution in [0.5, 0.6) is 0 Å². The minimum Gasteiger partial charge on any atom is -0.0683 e. The van der Waals surface area contributed by atoms with Gasteiger partial charge in [-0.3, -0.25) is 0 Å². The van der Waals surface area contributed by atoms with Gasteiger partial charge in [-0.2, -0.15) is 0 Å². The smallest absolute Gasteiger partial charge is 0.00268 e. The average Bonchev–Trinajstić information content (AvgIpc) is 2.62. The average molecular weight is 284 g/mol. The molecule has 4 aromatic carbocycles. The molecule has 4 rings (SSSR count). The summed E-state index contributed by atoms with van der Waals surface area (Å²) in [5.41, 5.74) is 2.61. The third kappa shape index (κ3) is 2.48. The van der Waals surface area contributed by atoms with Gasteiger partial charge < -0.3 is 0 Å². The Labute approximate surface area is 132 Å². The van der Waals surface area contributed by atoms with Crippen LogP contribution in [0.15, 0.2) is 84.9 Å². The zero-order chi connectivity index (χ0) is 15.4. The van der Waals surface area contributed by atoms with Crippen molar-refractivity contribution in [2.75, 3.05) is 0 Å². The summed E-state index contributed by atoms with van der Waals surface area (Å²) in [6.45, 7) is 4.00. The molecule has 0 heteroatoms. The Balaban J connectivity index is 0.000000693. The number of fused-ring (bicyclic) bond motifs is 2. The highest BCUT2D eigenvalue weighted by Gasteiger charge is 2.08. The second-order valence-electron chi connectivity index (χ2n) is 5.06. The van der Waals surface area contributed by atoms with E-state index in [1.165, 1.54) is 32.7 Å². The predicted molar refractivity (Wildman–Crippen MR) is 98.2 cm³/mol. The molecular weight excluding hydrogens is 264 g/mol. The molecule has 108 valence electrons. The maximum Gasteiger partial charge on any atom is -0.00268 e. The van der Waals surface area contributed by atoms with Crippen LogP contribution in [0.25, 0.3) is 32.7 Å². The summed E-state index contributed by atoms with van der Waals surface area (Å²) < 4.78 is 0. The molecule has 4 aromatic rings. The molecule has 0 amide bonds. The van der Waals surface area contributed by atoms with Crippen LogP contribution in [-0.4, -0.2) is 0 Å². The molecule has 0 saturated heterocycles. The van der Waals surface area contributed by atoms with E-state index in [0.717, 1.165) is 0 Å². The SMILES string of the molecule is CC.c1ccc(-c2c3ccccc3cc3ccccc23)cc1. The number of benzene rings is 4. The van der Waals surface area contributed by atoms with Crippen molar-refractivity contribution in [3.8, 4) is 11.1 Å². The molecule has 0 spiro atoms. The molecule has 22 heavy (non-hydrogen) atoms. The van der Waals surface area contributed by atoms with Crippen molar-refractivity contribution in [1.82, 2.24) is 0 Å². The molecular formula is C22H20. The molecule has 0 nitrogen and oxygen atoms in total. The van der Waals surface area contributed by atoms with Crippen molar-refractivity contribution >= 4 is 21.5 Å².